The fourth-order valence-electron chi connectivity index (χ4n) is 1.90. The molecule has 0 aliphatic heterocycles. The van der Waals surface area contributed by atoms with E-state index in [0.717, 1.165) is 22.8 Å². The summed E-state index contributed by atoms with van der Waals surface area (Å²) < 4.78 is 11.1. The molecule has 0 radical (unpaired) electrons. The van der Waals surface area contributed by atoms with E-state index in [1.807, 2.05) is 50.2 Å². The second-order valence-corrected chi connectivity index (χ2v) is 4.05. The largest absolute Gasteiger partial charge is 0.494 e. The maximum atomic E-state index is 5.62. The van der Waals surface area contributed by atoms with Gasteiger partial charge in [0.25, 0.3) is 0 Å². The van der Waals surface area contributed by atoms with Gasteiger partial charge in [-0.25, -0.2) is 5.43 Å². The minimum atomic E-state index is -0.167. The van der Waals surface area contributed by atoms with Crippen LogP contribution in [0.1, 0.15) is 30.0 Å². The molecule has 0 aliphatic rings. The Kier molecular flexibility index (Phi) is 4.02. The van der Waals surface area contributed by atoms with E-state index in [2.05, 4.69) is 5.43 Å². The molecule has 3 N–H and O–H groups in total. The van der Waals surface area contributed by atoms with Gasteiger partial charge in [-0.3, -0.25) is 5.84 Å². The molecule has 0 fully saturated rings. The summed E-state index contributed by atoms with van der Waals surface area (Å²) in [5, 5.41) is 0. The lowest BCUT2D eigenvalue weighted by Gasteiger charge is -2.15. The van der Waals surface area contributed by atoms with E-state index >= 15 is 0 Å². The highest BCUT2D eigenvalue weighted by Crippen LogP contribution is 2.25. The summed E-state index contributed by atoms with van der Waals surface area (Å²) in [4.78, 5) is 0. The average Bonchev–Trinajstić information content (AvgIpc) is 2.78. The molecule has 2 aromatic rings. The van der Waals surface area contributed by atoms with Gasteiger partial charge in [0.05, 0.1) is 6.61 Å². The van der Waals surface area contributed by atoms with Crippen molar-refractivity contribution in [3.63, 3.8) is 0 Å². The number of nitrogens with one attached hydrogen (secondary N) is 1. The summed E-state index contributed by atoms with van der Waals surface area (Å²) in [6.45, 7) is 4.51. The van der Waals surface area contributed by atoms with Crippen molar-refractivity contribution in [1.29, 1.82) is 0 Å². The van der Waals surface area contributed by atoms with E-state index < -0.39 is 0 Å². The Hall–Kier alpha value is -1.78. The van der Waals surface area contributed by atoms with Crippen LogP contribution in [0, 0.1) is 6.92 Å². The maximum Gasteiger partial charge on any atom is 0.126 e. The third-order valence-electron chi connectivity index (χ3n) is 2.71. The van der Waals surface area contributed by atoms with Crippen LogP contribution in [0.4, 0.5) is 0 Å². The lowest BCUT2D eigenvalue weighted by atomic mass is 10.1. The molecule has 2 rings (SSSR count). The summed E-state index contributed by atoms with van der Waals surface area (Å²) in [6, 6.07) is 11.5. The molecular formula is C14H18N2O2. The highest BCUT2D eigenvalue weighted by molar-refractivity contribution is 5.34. The molecule has 0 bridgehead atoms. The number of rotatable bonds is 5. The highest BCUT2D eigenvalue weighted by Gasteiger charge is 2.16. The molecule has 1 aromatic carbocycles. The van der Waals surface area contributed by atoms with E-state index in [1.165, 1.54) is 0 Å². The fourth-order valence-corrected chi connectivity index (χ4v) is 1.90. The number of ether oxygens (including phenoxy) is 1. The molecule has 1 aromatic heterocycles. The maximum absolute atomic E-state index is 5.62. The number of nitrogens with two attached hydrogens (primary N) is 1. The van der Waals surface area contributed by atoms with Crippen molar-refractivity contribution in [2.24, 2.45) is 5.84 Å². The van der Waals surface area contributed by atoms with Crippen LogP contribution >= 0.6 is 0 Å². The van der Waals surface area contributed by atoms with Gasteiger partial charge in [0.15, 0.2) is 0 Å². The first-order valence-electron chi connectivity index (χ1n) is 5.99. The zero-order valence-electron chi connectivity index (χ0n) is 10.6. The van der Waals surface area contributed by atoms with Crippen molar-refractivity contribution in [2.75, 3.05) is 6.61 Å². The molecule has 1 atom stereocenters. The van der Waals surface area contributed by atoms with E-state index in [1.54, 1.807) is 0 Å². The lowest BCUT2D eigenvalue weighted by Crippen LogP contribution is -2.28. The predicted molar refractivity (Wildman–Crippen MR) is 70.2 cm³/mol. The third-order valence-corrected chi connectivity index (χ3v) is 2.71. The van der Waals surface area contributed by atoms with Crippen molar-refractivity contribution in [3.05, 3.63) is 53.5 Å². The van der Waals surface area contributed by atoms with Crippen LogP contribution in [-0.4, -0.2) is 6.61 Å². The van der Waals surface area contributed by atoms with E-state index in [4.69, 9.17) is 15.0 Å². The van der Waals surface area contributed by atoms with Gasteiger partial charge in [0, 0.05) is 0 Å². The van der Waals surface area contributed by atoms with E-state index in [9.17, 15) is 0 Å². The molecule has 0 saturated carbocycles. The first-order chi connectivity index (χ1) is 8.74. The molecule has 0 amide bonds. The molecule has 1 heterocycles. The molecule has 0 spiro atoms. The second-order valence-electron chi connectivity index (χ2n) is 4.05. The van der Waals surface area contributed by atoms with Crippen LogP contribution in [-0.2, 0) is 0 Å². The minimum Gasteiger partial charge on any atom is -0.494 e. The zero-order valence-corrected chi connectivity index (χ0v) is 10.6. The highest BCUT2D eigenvalue weighted by atomic mass is 16.5. The summed E-state index contributed by atoms with van der Waals surface area (Å²) in [6.07, 6.45) is 0. The van der Waals surface area contributed by atoms with Crippen LogP contribution < -0.4 is 16.0 Å². The lowest BCUT2D eigenvalue weighted by molar-refractivity contribution is 0.339. The first kappa shape index (κ1) is 12.7. The Balaban J connectivity index is 2.29. The quantitative estimate of drug-likeness (QED) is 0.628. The van der Waals surface area contributed by atoms with Gasteiger partial charge in [-0.15, -0.1) is 0 Å². The Morgan fingerprint density at radius 1 is 1.33 bits per heavy atom. The standard InChI is InChI=1S/C14H18N2O2/c1-3-17-12-6-4-5-11(9-12)14(16-15)13-8-7-10(2)18-13/h4-9,14,16H,3,15H2,1-2H3. The molecular weight excluding hydrogens is 228 g/mol. The van der Waals surface area contributed by atoms with Gasteiger partial charge in [0.1, 0.15) is 23.3 Å². The van der Waals surface area contributed by atoms with E-state index in [0.29, 0.717) is 6.61 Å². The van der Waals surface area contributed by atoms with Crippen LogP contribution in [0.5, 0.6) is 5.75 Å². The zero-order chi connectivity index (χ0) is 13.0. The normalized spacial score (nSPS) is 12.4. The summed E-state index contributed by atoms with van der Waals surface area (Å²) in [7, 11) is 0. The van der Waals surface area contributed by atoms with Crippen molar-refractivity contribution >= 4 is 0 Å². The number of benzene rings is 1. The van der Waals surface area contributed by atoms with Gasteiger partial charge >= 0.3 is 0 Å². The average molecular weight is 246 g/mol. The van der Waals surface area contributed by atoms with Gasteiger partial charge in [-0.05, 0) is 43.7 Å². The number of aryl methyl sites for hydroxylation is 1. The number of hydrogen-bond donors (Lipinski definition) is 2. The van der Waals surface area contributed by atoms with Gasteiger partial charge in [-0.1, -0.05) is 12.1 Å². The number of furan rings is 1. The number of hydrazine groups is 1. The second kappa shape index (κ2) is 5.71. The Labute approximate surface area is 107 Å². The molecule has 18 heavy (non-hydrogen) atoms. The van der Waals surface area contributed by atoms with Crippen LogP contribution in [0.3, 0.4) is 0 Å². The Morgan fingerprint density at radius 3 is 2.78 bits per heavy atom. The first-order valence-corrected chi connectivity index (χ1v) is 5.99. The molecule has 4 nitrogen and oxygen atoms in total. The summed E-state index contributed by atoms with van der Waals surface area (Å²) >= 11 is 0. The van der Waals surface area contributed by atoms with Crippen LogP contribution in [0.25, 0.3) is 0 Å². The van der Waals surface area contributed by atoms with Gasteiger partial charge in [0.2, 0.25) is 0 Å². The summed E-state index contributed by atoms with van der Waals surface area (Å²) in [5.41, 5.74) is 3.78. The number of hydrogen-bond acceptors (Lipinski definition) is 4. The molecule has 0 saturated heterocycles. The monoisotopic (exact) mass is 246 g/mol. The SMILES string of the molecule is CCOc1cccc(C(NN)c2ccc(C)o2)c1. The predicted octanol–water partition coefficient (Wildman–Crippen LogP) is 2.54. The third kappa shape index (κ3) is 2.72. The minimum absolute atomic E-state index is 0.167. The molecule has 4 heteroatoms. The molecule has 0 aliphatic carbocycles. The van der Waals surface area contributed by atoms with Crippen molar-refractivity contribution in [3.8, 4) is 5.75 Å². The van der Waals surface area contributed by atoms with Crippen LogP contribution in [0.15, 0.2) is 40.8 Å². The molecule has 1 unspecified atom stereocenters. The summed E-state index contributed by atoms with van der Waals surface area (Å²) in [5.74, 6) is 8.11. The van der Waals surface area contributed by atoms with Crippen molar-refractivity contribution in [1.82, 2.24) is 5.43 Å². The smallest absolute Gasteiger partial charge is 0.126 e. The van der Waals surface area contributed by atoms with Gasteiger partial charge < -0.3 is 9.15 Å². The topological polar surface area (TPSA) is 60.4 Å². The van der Waals surface area contributed by atoms with Crippen molar-refractivity contribution in [2.45, 2.75) is 19.9 Å². The molecule has 96 valence electrons. The van der Waals surface area contributed by atoms with Crippen LogP contribution in [0.2, 0.25) is 0 Å². The Morgan fingerprint density at radius 2 is 2.17 bits per heavy atom. The van der Waals surface area contributed by atoms with E-state index in [-0.39, 0.29) is 6.04 Å². The van der Waals surface area contributed by atoms with Crippen molar-refractivity contribution < 1.29 is 9.15 Å². The Bertz CT molecular complexity index is 508. The van der Waals surface area contributed by atoms with Gasteiger partial charge in [-0.2, -0.15) is 0 Å². The fraction of sp³-hybridized carbons (Fsp3) is 0.286.